The Bertz CT molecular complexity index is 714. The van der Waals surface area contributed by atoms with Crippen LogP contribution in [-0.2, 0) is 4.79 Å². The molecule has 0 heterocycles. The molecule has 128 valence electrons. The molecule has 0 unspecified atom stereocenters. The van der Waals surface area contributed by atoms with Crippen molar-refractivity contribution in [3.8, 4) is 5.75 Å². The van der Waals surface area contributed by atoms with Crippen molar-refractivity contribution in [2.75, 3.05) is 19.5 Å². The molecule has 1 aromatic carbocycles. The van der Waals surface area contributed by atoms with E-state index in [0.29, 0.717) is 22.7 Å². The number of rotatable bonds is 7. The normalized spacial score (nSPS) is 11.0. The van der Waals surface area contributed by atoms with E-state index in [4.69, 9.17) is 10.5 Å². The molecular weight excluding hydrogens is 306 g/mol. The Kier molecular flexibility index (Phi) is 6.79. The minimum Gasteiger partial charge on any atom is -0.494 e. The fraction of sp³-hybridized carbons (Fsp3) is 0.222. The molecule has 24 heavy (non-hydrogen) atoms. The first-order chi connectivity index (χ1) is 11.3. The van der Waals surface area contributed by atoms with Crippen LogP contribution in [0.3, 0.4) is 0 Å². The third-order valence-corrected chi connectivity index (χ3v) is 3.15. The van der Waals surface area contributed by atoms with E-state index in [9.17, 15) is 9.59 Å². The molecule has 1 rings (SSSR count). The summed E-state index contributed by atoms with van der Waals surface area (Å²) in [4.78, 5) is 23.6. The second-order valence-corrected chi connectivity index (χ2v) is 5.21. The van der Waals surface area contributed by atoms with Crippen LogP contribution in [0.4, 0.5) is 5.69 Å². The zero-order chi connectivity index (χ0) is 18.3. The Morgan fingerprint density at radius 2 is 1.96 bits per heavy atom. The summed E-state index contributed by atoms with van der Waals surface area (Å²) in [6.45, 7) is 7.51. The lowest BCUT2D eigenvalue weighted by Crippen LogP contribution is -2.22. The maximum atomic E-state index is 12.1. The fourth-order valence-electron chi connectivity index (χ4n) is 2.12. The monoisotopic (exact) mass is 329 g/mol. The van der Waals surface area contributed by atoms with Gasteiger partial charge in [0.1, 0.15) is 0 Å². The van der Waals surface area contributed by atoms with Crippen molar-refractivity contribution in [2.45, 2.75) is 13.8 Å². The van der Waals surface area contributed by atoms with E-state index >= 15 is 0 Å². The second kappa shape index (κ2) is 8.57. The number of nitrogens with one attached hydrogen (secondary N) is 2. The highest BCUT2D eigenvalue weighted by atomic mass is 16.5. The molecule has 0 fully saturated rings. The first kappa shape index (κ1) is 19.0. The van der Waals surface area contributed by atoms with Gasteiger partial charge in [-0.2, -0.15) is 0 Å². The van der Waals surface area contributed by atoms with Crippen molar-refractivity contribution in [3.63, 3.8) is 0 Å². The third kappa shape index (κ3) is 4.49. The van der Waals surface area contributed by atoms with Crippen molar-refractivity contribution < 1.29 is 14.3 Å². The maximum absolute atomic E-state index is 12.1. The van der Waals surface area contributed by atoms with Gasteiger partial charge >= 0.3 is 0 Å². The van der Waals surface area contributed by atoms with Gasteiger partial charge in [0.05, 0.1) is 29.6 Å². The number of likely N-dealkylation sites (N-methyl/N-ethyl adjacent to an activating group) is 1. The number of ether oxygens (including phenoxy) is 1. The van der Waals surface area contributed by atoms with Gasteiger partial charge in [-0.25, -0.2) is 0 Å². The number of methoxy groups -OCH3 is 1. The van der Waals surface area contributed by atoms with Gasteiger partial charge in [0, 0.05) is 7.05 Å². The molecular formula is C18H23N3O3. The van der Waals surface area contributed by atoms with Gasteiger partial charge in [-0.3, -0.25) is 9.59 Å². The zero-order valence-corrected chi connectivity index (χ0v) is 14.4. The SMILES string of the molecule is C=C/C(C(=O)NC)=C(\C=C(C)C)Nc1cccc(C(N)=O)c1OC. The number of primary amides is 1. The minimum atomic E-state index is -0.599. The molecule has 4 N–H and O–H groups in total. The van der Waals surface area contributed by atoms with E-state index < -0.39 is 5.91 Å². The van der Waals surface area contributed by atoms with Crippen molar-refractivity contribution in [2.24, 2.45) is 5.73 Å². The topological polar surface area (TPSA) is 93.5 Å². The first-order valence-corrected chi connectivity index (χ1v) is 7.33. The summed E-state index contributed by atoms with van der Waals surface area (Å²) < 4.78 is 5.31. The van der Waals surface area contributed by atoms with Crippen LogP contribution in [0.2, 0.25) is 0 Å². The minimum absolute atomic E-state index is 0.249. The molecule has 0 radical (unpaired) electrons. The Morgan fingerprint density at radius 1 is 1.29 bits per heavy atom. The number of allylic oxidation sites excluding steroid dienone is 2. The lowest BCUT2D eigenvalue weighted by molar-refractivity contribution is -0.116. The summed E-state index contributed by atoms with van der Waals surface area (Å²) in [6.07, 6.45) is 3.27. The third-order valence-electron chi connectivity index (χ3n) is 3.15. The van der Waals surface area contributed by atoms with Crippen LogP contribution >= 0.6 is 0 Å². The molecule has 2 amide bonds. The average Bonchev–Trinajstić information content (AvgIpc) is 2.54. The van der Waals surface area contributed by atoms with Gasteiger partial charge in [-0.05, 0) is 32.1 Å². The van der Waals surface area contributed by atoms with E-state index in [0.717, 1.165) is 5.57 Å². The van der Waals surface area contributed by atoms with Crippen molar-refractivity contribution >= 4 is 17.5 Å². The number of hydrogen-bond donors (Lipinski definition) is 3. The molecule has 0 aromatic heterocycles. The lowest BCUT2D eigenvalue weighted by atomic mass is 10.1. The summed E-state index contributed by atoms with van der Waals surface area (Å²) in [5, 5.41) is 5.70. The van der Waals surface area contributed by atoms with Crippen LogP contribution in [0.1, 0.15) is 24.2 Å². The Hall–Kier alpha value is -3.02. The molecule has 0 spiro atoms. The summed E-state index contributed by atoms with van der Waals surface area (Å²) >= 11 is 0. The number of para-hydroxylation sites is 1. The molecule has 0 saturated heterocycles. The quantitative estimate of drug-likeness (QED) is 0.529. The summed E-state index contributed by atoms with van der Waals surface area (Å²) in [5.74, 6) is -0.571. The molecule has 0 aliphatic heterocycles. The lowest BCUT2D eigenvalue weighted by Gasteiger charge is -2.16. The zero-order valence-electron chi connectivity index (χ0n) is 14.4. The van der Waals surface area contributed by atoms with Gasteiger partial charge in [-0.15, -0.1) is 0 Å². The Morgan fingerprint density at radius 3 is 2.42 bits per heavy atom. The summed E-state index contributed by atoms with van der Waals surface area (Å²) in [6, 6.07) is 4.98. The number of hydrogen-bond acceptors (Lipinski definition) is 4. The molecule has 0 saturated carbocycles. The number of nitrogens with two attached hydrogens (primary N) is 1. The first-order valence-electron chi connectivity index (χ1n) is 7.33. The molecule has 0 atom stereocenters. The van der Waals surface area contributed by atoms with E-state index in [-0.39, 0.29) is 11.5 Å². The van der Waals surface area contributed by atoms with E-state index in [2.05, 4.69) is 17.2 Å². The smallest absolute Gasteiger partial charge is 0.253 e. The van der Waals surface area contributed by atoms with Crippen LogP contribution in [0.15, 0.2) is 53.8 Å². The highest BCUT2D eigenvalue weighted by molar-refractivity contribution is 5.99. The number of benzene rings is 1. The standard InChI is InChI=1S/C18H23N3O3/c1-6-12(18(23)20-4)15(10-11(2)3)21-14-9-7-8-13(17(19)22)16(14)24-5/h6-10,21H,1H2,2-5H3,(H2,19,22)(H,20,23)/b15-12-. The van der Waals surface area contributed by atoms with Crippen LogP contribution < -0.4 is 21.1 Å². The summed E-state index contributed by atoms with van der Waals surface area (Å²) in [7, 11) is 2.99. The van der Waals surface area contributed by atoms with Crippen LogP contribution in [0.25, 0.3) is 0 Å². The highest BCUT2D eigenvalue weighted by Crippen LogP contribution is 2.30. The van der Waals surface area contributed by atoms with Gasteiger partial charge < -0.3 is 21.1 Å². The summed E-state index contributed by atoms with van der Waals surface area (Å²) in [5.41, 5.74) is 8.02. The molecule has 0 bridgehead atoms. The maximum Gasteiger partial charge on any atom is 0.253 e. The molecule has 6 nitrogen and oxygen atoms in total. The number of amides is 2. The molecule has 6 heteroatoms. The fourth-order valence-corrected chi connectivity index (χ4v) is 2.12. The van der Waals surface area contributed by atoms with Gasteiger partial charge in [-0.1, -0.05) is 24.3 Å². The van der Waals surface area contributed by atoms with Gasteiger partial charge in [0.25, 0.3) is 11.8 Å². The van der Waals surface area contributed by atoms with Gasteiger partial charge in [0.15, 0.2) is 5.75 Å². The Balaban J connectivity index is 3.51. The molecule has 1 aromatic rings. The average molecular weight is 329 g/mol. The number of carbonyl (C=O) groups is 2. The van der Waals surface area contributed by atoms with Crippen molar-refractivity contribution in [3.05, 3.63) is 59.3 Å². The molecule has 0 aliphatic rings. The number of anilines is 1. The largest absolute Gasteiger partial charge is 0.494 e. The number of carbonyl (C=O) groups excluding carboxylic acids is 2. The highest BCUT2D eigenvalue weighted by Gasteiger charge is 2.16. The van der Waals surface area contributed by atoms with Gasteiger partial charge in [0.2, 0.25) is 0 Å². The van der Waals surface area contributed by atoms with Crippen LogP contribution in [0.5, 0.6) is 5.75 Å². The predicted molar refractivity (Wildman–Crippen MR) is 95.9 cm³/mol. The predicted octanol–water partition coefficient (Wildman–Crippen LogP) is 2.36. The van der Waals surface area contributed by atoms with Crippen molar-refractivity contribution in [1.82, 2.24) is 5.32 Å². The van der Waals surface area contributed by atoms with Crippen molar-refractivity contribution in [1.29, 1.82) is 0 Å². The second-order valence-electron chi connectivity index (χ2n) is 5.21. The van der Waals surface area contributed by atoms with Crippen LogP contribution in [-0.4, -0.2) is 26.0 Å². The van der Waals surface area contributed by atoms with Crippen LogP contribution in [0, 0.1) is 0 Å². The van der Waals surface area contributed by atoms with E-state index in [1.54, 1.807) is 25.2 Å². The van der Waals surface area contributed by atoms with E-state index in [1.165, 1.54) is 13.2 Å². The molecule has 0 aliphatic carbocycles. The Labute approximate surface area is 142 Å². The van der Waals surface area contributed by atoms with E-state index in [1.807, 2.05) is 19.9 Å².